The Kier molecular flexibility index (Phi) is 3.26. The number of aliphatic hydroxyl groups excluding tert-OH is 1. The van der Waals surface area contributed by atoms with Gasteiger partial charge in [0.2, 0.25) is 5.91 Å². The molecule has 1 atom stereocenters. The van der Waals surface area contributed by atoms with Crippen molar-refractivity contribution < 1.29 is 14.6 Å². The van der Waals surface area contributed by atoms with Crippen molar-refractivity contribution in [2.45, 2.75) is 50.2 Å². The minimum atomic E-state index is -0.358. The van der Waals surface area contributed by atoms with Crippen LogP contribution >= 0.6 is 0 Å². The van der Waals surface area contributed by atoms with E-state index in [1.165, 1.54) is 0 Å². The van der Waals surface area contributed by atoms with Crippen molar-refractivity contribution in [3.05, 3.63) is 0 Å². The maximum Gasteiger partial charge on any atom is 0.249 e. The first-order chi connectivity index (χ1) is 7.26. The van der Waals surface area contributed by atoms with Crippen molar-refractivity contribution in [1.82, 2.24) is 5.32 Å². The smallest absolute Gasteiger partial charge is 0.249 e. The molecular formula is C11H19NO3. The average molecular weight is 213 g/mol. The maximum absolute atomic E-state index is 11.8. The fraction of sp³-hybridized carbons (Fsp3) is 0.909. The first kappa shape index (κ1) is 10.9. The van der Waals surface area contributed by atoms with Crippen LogP contribution in [0.1, 0.15) is 38.5 Å². The molecule has 4 nitrogen and oxygen atoms in total. The van der Waals surface area contributed by atoms with Crippen LogP contribution in [0.2, 0.25) is 0 Å². The summed E-state index contributed by atoms with van der Waals surface area (Å²) in [6, 6.07) is 0. The highest BCUT2D eigenvalue weighted by Gasteiger charge is 2.37. The normalized spacial score (nSPS) is 29.3. The Balaban J connectivity index is 1.91. The molecule has 0 aromatic rings. The highest BCUT2D eigenvalue weighted by atomic mass is 16.5. The predicted molar refractivity (Wildman–Crippen MR) is 55.4 cm³/mol. The molecule has 1 amide bonds. The van der Waals surface area contributed by atoms with Gasteiger partial charge in [-0.1, -0.05) is 12.8 Å². The standard InChI is InChI=1S/C11H19NO3/c13-8-11(5-1-2-6-11)12-10(14)9-4-3-7-15-9/h9,13H,1-8H2,(H,12,14)/t9-/m0/s1. The lowest BCUT2D eigenvalue weighted by Gasteiger charge is -2.29. The lowest BCUT2D eigenvalue weighted by Crippen LogP contribution is -2.52. The number of carbonyl (C=O) groups excluding carboxylic acids is 1. The van der Waals surface area contributed by atoms with Gasteiger partial charge >= 0.3 is 0 Å². The van der Waals surface area contributed by atoms with Crippen LogP contribution in [-0.4, -0.2) is 35.9 Å². The number of hydrogen-bond acceptors (Lipinski definition) is 3. The third-order valence-corrected chi connectivity index (χ3v) is 3.47. The summed E-state index contributed by atoms with van der Waals surface area (Å²) in [5, 5.41) is 12.3. The number of hydrogen-bond donors (Lipinski definition) is 2. The van der Waals surface area contributed by atoms with E-state index >= 15 is 0 Å². The Labute approximate surface area is 90.0 Å². The van der Waals surface area contributed by atoms with Crippen LogP contribution < -0.4 is 5.32 Å². The zero-order chi connectivity index (χ0) is 10.7. The van der Waals surface area contributed by atoms with Crippen LogP contribution in [0.4, 0.5) is 0 Å². The van der Waals surface area contributed by atoms with Gasteiger partial charge in [0.1, 0.15) is 6.10 Å². The molecule has 1 saturated carbocycles. The summed E-state index contributed by atoms with van der Waals surface area (Å²) in [6.45, 7) is 0.732. The molecule has 0 aromatic heterocycles. The van der Waals surface area contributed by atoms with Crippen molar-refractivity contribution in [1.29, 1.82) is 0 Å². The topological polar surface area (TPSA) is 58.6 Å². The van der Waals surface area contributed by atoms with E-state index in [-0.39, 0.29) is 24.2 Å². The quantitative estimate of drug-likeness (QED) is 0.721. The van der Waals surface area contributed by atoms with Crippen LogP contribution in [0.25, 0.3) is 0 Å². The zero-order valence-corrected chi connectivity index (χ0v) is 9.00. The first-order valence-electron chi connectivity index (χ1n) is 5.80. The van der Waals surface area contributed by atoms with Crippen molar-refractivity contribution in [2.75, 3.05) is 13.2 Å². The number of rotatable bonds is 3. The third-order valence-electron chi connectivity index (χ3n) is 3.47. The molecular weight excluding hydrogens is 194 g/mol. The third kappa shape index (κ3) is 2.32. The molecule has 15 heavy (non-hydrogen) atoms. The van der Waals surface area contributed by atoms with E-state index < -0.39 is 0 Å². The average Bonchev–Trinajstić information content (AvgIpc) is 2.88. The monoisotopic (exact) mass is 213 g/mol. The molecule has 2 aliphatic rings. The van der Waals surface area contributed by atoms with Crippen LogP contribution in [0.5, 0.6) is 0 Å². The summed E-state index contributed by atoms with van der Waals surface area (Å²) in [5.41, 5.74) is -0.358. The van der Waals surface area contributed by atoms with E-state index in [0.717, 1.165) is 38.5 Å². The molecule has 2 fully saturated rings. The van der Waals surface area contributed by atoms with Crippen LogP contribution in [0, 0.1) is 0 Å². The molecule has 2 rings (SSSR count). The van der Waals surface area contributed by atoms with Gasteiger partial charge < -0.3 is 15.2 Å². The van der Waals surface area contributed by atoms with Gasteiger partial charge in [-0.15, -0.1) is 0 Å². The second-order valence-electron chi connectivity index (χ2n) is 4.64. The largest absolute Gasteiger partial charge is 0.394 e. The Hall–Kier alpha value is -0.610. The molecule has 0 radical (unpaired) electrons. The fourth-order valence-corrected chi connectivity index (χ4v) is 2.50. The van der Waals surface area contributed by atoms with Crippen LogP contribution in [-0.2, 0) is 9.53 Å². The number of nitrogens with one attached hydrogen (secondary N) is 1. The van der Waals surface area contributed by atoms with Gasteiger partial charge in [-0.2, -0.15) is 0 Å². The minimum absolute atomic E-state index is 0.0385. The second kappa shape index (κ2) is 4.49. The van der Waals surface area contributed by atoms with Crippen LogP contribution in [0.15, 0.2) is 0 Å². The summed E-state index contributed by atoms with van der Waals surface area (Å²) >= 11 is 0. The molecule has 1 saturated heterocycles. The van der Waals surface area contributed by atoms with E-state index in [1.54, 1.807) is 0 Å². The number of amides is 1. The molecule has 4 heteroatoms. The summed E-state index contributed by atoms with van der Waals surface area (Å²) in [4.78, 5) is 11.8. The number of aliphatic hydroxyl groups is 1. The van der Waals surface area contributed by atoms with Gasteiger partial charge in [-0.3, -0.25) is 4.79 Å². The molecule has 0 unspecified atom stereocenters. The molecule has 86 valence electrons. The summed E-state index contributed by atoms with van der Waals surface area (Å²) in [7, 11) is 0. The van der Waals surface area contributed by atoms with Crippen molar-refractivity contribution in [2.24, 2.45) is 0 Å². The van der Waals surface area contributed by atoms with Gasteiger partial charge in [-0.05, 0) is 25.7 Å². The molecule has 1 aliphatic carbocycles. The van der Waals surface area contributed by atoms with Crippen molar-refractivity contribution >= 4 is 5.91 Å². The molecule has 0 bridgehead atoms. The van der Waals surface area contributed by atoms with Gasteiger partial charge in [0.05, 0.1) is 12.1 Å². The maximum atomic E-state index is 11.8. The minimum Gasteiger partial charge on any atom is -0.394 e. The summed E-state index contributed by atoms with van der Waals surface area (Å²) in [6.07, 6.45) is 5.45. The molecule has 0 spiro atoms. The number of ether oxygens (including phenoxy) is 1. The fourth-order valence-electron chi connectivity index (χ4n) is 2.50. The Bertz CT molecular complexity index is 230. The van der Waals surface area contributed by atoms with E-state index in [1.807, 2.05) is 0 Å². The Morgan fingerprint density at radius 2 is 2.13 bits per heavy atom. The van der Waals surface area contributed by atoms with Gasteiger partial charge in [0.25, 0.3) is 0 Å². The van der Waals surface area contributed by atoms with Gasteiger partial charge in [0.15, 0.2) is 0 Å². The van der Waals surface area contributed by atoms with Gasteiger partial charge in [0, 0.05) is 6.61 Å². The highest BCUT2D eigenvalue weighted by molar-refractivity contribution is 5.81. The van der Waals surface area contributed by atoms with Crippen molar-refractivity contribution in [3.63, 3.8) is 0 Å². The molecule has 1 heterocycles. The molecule has 2 N–H and O–H groups in total. The Morgan fingerprint density at radius 3 is 2.67 bits per heavy atom. The lowest BCUT2D eigenvalue weighted by atomic mass is 9.98. The van der Waals surface area contributed by atoms with Gasteiger partial charge in [-0.25, -0.2) is 0 Å². The van der Waals surface area contributed by atoms with Crippen LogP contribution in [0.3, 0.4) is 0 Å². The molecule has 1 aliphatic heterocycles. The second-order valence-corrected chi connectivity index (χ2v) is 4.64. The number of carbonyl (C=O) groups is 1. The first-order valence-corrected chi connectivity index (χ1v) is 5.80. The molecule has 0 aromatic carbocycles. The van der Waals surface area contributed by atoms with E-state index in [0.29, 0.717) is 6.61 Å². The highest BCUT2D eigenvalue weighted by Crippen LogP contribution is 2.29. The van der Waals surface area contributed by atoms with E-state index in [9.17, 15) is 9.90 Å². The summed E-state index contributed by atoms with van der Waals surface area (Å²) < 4.78 is 5.32. The predicted octanol–water partition coefficient (Wildman–Crippen LogP) is 0.587. The summed E-state index contributed by atoms with van der Waals surface area (Å²) in [5.74, 6) is -0.0385. The van der Waals surface area contributed by atoms with E-state index in [4.69, 9.17) is 4.74 Å². The van der Waals surface area contributed by atoms with Crippen molar-refractivity contribution in [3.8, 4) is 0 Å². The SMILES string of the molecule is O=C(NC1(CO)CCCC1)[C@@H]1CCCO1. The Morgan fingerprint density at radius 1 is 1.40 bits per heavy atom. The van der Waals surface area contributed by atoms with E-state index in [2.05, 4.69) is 5.32 Å². The zero-order valence-electron chi connectivity index (χ0n) is 9.00. The lowest BCUT2D eigenvalue weighted by molar-refractivity contribution is -0.132.